The highest BCUT2D eigenvalue weighted by atomic mass is 16.3. The van der Waals surface area contributed by atoms with Crippen molar-refractivity contribution < 1.29 is 4.42 Å². The number of fused-ring (bicyclic) bond motifs is 7. The Balaban J connectivity index is 1.96. The molecule has 0 saturated heterocycles. The first-order chi connectivity index (χ1) is 11.5. The van der Waals surface area contributed by atoms with Gasteiger partial charge in [0, 0.05) is 5.39 Å². The lowest BCUT2D eigenvalue weighted by atomic mass is 9.86. The monoisotopic (exact) mass is 313 g/mol. The molecule has 5 aromatic rings. The van der Waals surface area contributed by atoms with E-state index in [4.69, 9.17) is 4.42 Å². The van der Waals surface area contributed by atoms with Crippen molar-refractivity contribution in [3.8, 4) is 0 Å². The normalized spacial score (nSPS) is 12.8. The van der Waals surface area contributed by atoms with E-state index in [1.165, 1.54) is 21.7 Å². The number of H-pyrrole nitrogens is 1. The van der Waals surface area contributed by atoms with E-state index in [1.807, 2.05) is 0 Å². The number of aromatic amines is 1. The van der Waals surface area contributed by atoms with E-state index in [0.717, 1.165) is 27.6 Å². The van der Waals surface area contributed by atoms with Crippen LogP contribution >= 0.6 is 0 Å². The van der Waals surface area contributed by atoms with Crippen LogP contribution in [0.25, 0.3) is 43.7 Å². The molecule has 2 heteroatoms. The van der Waals surface area contributed by atoms with Crippen molar-refractivity contribution >= 4 is 43.7 Å². The second-order valence-electron chi connectivity index (χ2n) is 7.60. The lowest BCUT2D eigenvalue weighted by Gasteiger charge is -2.18. The summed E-state index contributed by atoms with van der Waals surface area (Å²) in [5, 5.41) is 4.81. The van der Waals surface area contributed by atoms with Gasteiger partial charge in [-0.15, -0.1) is 0 Å². The van der Waals surface area contributed by atoms with Crippen LogP contribution in [0.5, 0.6) is 0 Å². The molecule has 0 radical (unpaired) electrons. The molecule has 24 heavy (non-hydrogen) atoms. The number of hydrogen-bond acceptors (Lipinski definition) is 1. The van der Waals surface area contributed by atoms with Crippen LogP contribution in [0.4, 0.5) is 0 Å². The number of furan rings is 1. The maximum atomic E-state index is 6.25. The van der Waals surface area contributed by atoms with E-state index in [-0.39, 0.29) is 5.41 Å². The van der Waals surface area contributed by atoms with Gasteiger partial charge in [-0.05, 0) is 39.9 Å². The van der Waals surface area contributed by atoms with E-state index in [2.05, 4.69) is 80.4 Å². The minimum atomic E-state index is 0.122. The molecule has 0 bridgehead atoms. The van der Waals surface area contributed by atoms with Gasteiger partial charge in [-0.2, -0.15) is 0 Å². The summed E-state index contributed by atoms with van der Waals surface area (Å²) in [5.74, 6) is 0. The molecule has 2 nitrogen and oxygen atoms in total. The Kier molecular flexibility index (Phi) is 2.52. The molecule has 0 saturated carbocycles. The van der Waals surface area contributed by atoms with Crippen LogP contribution in [0.1, 0.15) is 26.3 Å². The summed E-state index contributed by atoms with van der Waals surface area (Å²) in [6.07, 6.45) is 0. The van der Waals surface area contributed by atoms with Crippen LogP contribution in [-0.2, 0) is 5.41 Å². The van der Waals surface area contributed by atoms with Crippen molar-refractivity contribution in [2.24, 2.45) is 0 Å². The second-order valence-corrected chi connectivity index (χ2v) is 7.60. The molecule has 0 unspecified atom stereocenters. The van der Waals surface area contributed by atoms with Gasteiger partial charge in [0.05, 0.1) is 16.4 Å². The third-order valence-corrected chi connectivity index (χ3v) is 4.97. The zero-order valence-corrected chi connectivity index (χ0v) is 14.1. The van der Waals surface area contributed by atoms with Gasteiger partial charge in [0.15, 0.2) is 5.58 Å². The highest BCUT2D eigenvalue weighted by Crippen LogP contribution is 2.38. The smallest absolute Gasteiger partial charge is 0.161 e. The maximum Gasteiger partial charge on any atom is 0.161 e. The van der Waals surface area contributed by atoms with Gasteiger partial charge < -0.3 is 9.40 Å². The quantitative estimate of drug-likeness (QED) is 0.346. The Labute approximate surface area is 140 Å². The average Bonchev–Trinajstić information content (AvgIpc) is 3.09. The van der Waals surface area contributed by atoms with Gasteiger partial charge in [0.1, 0.15) is 5.58 Å². The maximum absolute atomic E-state index is 6.25. The fraction of sp³-hybridized carbons (Fsp3) is 0.182. The molecule has 0 fully saturated rings. The minimum Gasteiger partial charge on any atom is -0.454 e. The molecule has 3 aromatic carbocycles. The topological polar surface area (TPSA) is 28.9 Å². The Morgan fingerprint density at radius 1 is 0.875 bits per heavy atom. The average molecular weight is 313 g/mol. The van der Waals surface area contributed by atoms with Crippen molar-refractivity contribution in [1.29, 1.82) is 0 Å². The van der Waals surface area contributed by atoms with E-state index in [0.29, 0.717) is 0 Å². The van der Waals surface area contributed by atoms with E-state index in [1.54, 1.807) is 0 Å². The molecular formula is C22H19NO. The standard InChI is InChI=1S/C22H19NO/c1-22(2,3)14-9-11-18-16(12-14)20-21(24-18)19-15-7-5-4-6-13(15)8-10-17(19)23-20/h4-12,23H,1-3H3. The third kappa shape index (κ3) is 1.77. The number of benzene rings is 3. The summed E-state index contributed by atoms with van der Waals surface area (Å²) in [6.45, 7) is 6.72. The zero-order chi connectivity index (χ0) is 16.5. The number of rotatable bonds is 0. The molecule has 2 aromatic heterocycles. The molecule has 118 valence electrons. The summed E-state index contributed by atoms with van der Waals surface area (Å²) in [4.78, 5) is 3.58. The number of aromatic nitrogens is 1. The minimum absolute atomic E-state index is 0.122. The number of hydrogen-bond donors (Lipinski definition) is 1. The van der Waals surface area contributed by atoms with Crippen molar-refractivity contribution in [1.82, 2.24) is 4.98 Å². The predicted molar refractivity (Wildman–Crippen MR) is 102 cm³/mol. The van der Waals surface area contributed by atoms with Crippen molar-refractivity contribution in [2.75, 3.05) is 0 Å². The van der Waals surface area contributed by atoms with Crippen molar-refractivity contribution in [3.63, 3.8) is 0 Å². The molecule has 0 aliphatic carbocycles. The molecule has 0 amide bonds. The Morgan fingerprint density at radius 2 is 1.71 bits per heavy atom. The molecule has 5 rings (SSSR count). The van der Waals surface area contributed by atoms with Gasteiger partial charge >= 0.3 is 0 Å². The van der Waals surface area contributed by atoms with Gasteiger partial charge in [-0.1, -0.05) is 57.2 Å². The second kappa shape index (κ2) is 4.41. The van der Waals surface area contributed by atoms with Gasteiger partial charge in [0.25, 0.3) is 0 Å². The zero-order valence-electron chi connectivity index (χ0n) is 14.1. The van der Waals surface area contributed by atoms with Crippen LogP contribution in [0.3, 0.4) is 0 Å². The van der Waals surface area contributed by atoms with E-state index < -0.39 is 0 Å². The summed E-state index contributed by atoms with van der Waals surface area (Å²) in [6, 6.07) is 19.3. The summed E-state index contributed by atoms with van der Waals surface area (Å²) in [5.41, 5.74) is 5.58. The molecule has 1 N–H and O–H groups in total. The van der Waals surface area contributed by atoms with Crippen molar-refractivity contribution in [3.05, 3.63) is 60.2 Å². The van der Waals surface area contributed by atoms with Crippen LogP contribution in [0, 0.1) is 0 Å². The fourth-order valence-electron chi connectivity index (χ4n) is 3.62. The van der Waals surface area contributed by atoms with Crippen LogP contribution < -0.4 is 0 Å². The lowest BCUT2D eigenvalue weighted by molar-refractivity contribution is 0.590. The highest BCUT2D eigenvalue weighted by Gasteiger charge is 2.19. The predicted octanol–water partition coefficient (Wildman–Crippen LogP) is 6.52. The van der Waals surface area contributed by atoms with Crippen LogP contribution in [0.2, 0.25) is 0 Å². The number of nitrogens with one attached hydrogen (secondary N) is 1. The van der Waals surface area contributed by atoms with Gasteiger partial charge in [0.2, 0.25) is 0 Å². The molecule has 2 heterocycles. The molecule has 0 atom stereocenters. The fourth-order valence-corrected chi connectivity index (χ4v) is 3.62. The first-order valence-corrected chi connectivity index (χ1v) is 8.38. The summed E-state index contributed by atoms with van der Waals surface area (Å²) in [7, 11) is 0. The van der Waals surface area contributed by atoms with E-state index >= 15 is 0 Å². The third-order valence-electron chi connectivity index (χ3n) is 4.97. The molecule has 0 aliphatic rings. The van der Waals surface area contributed by atoms with Gasteiger partial charge in [-0.25, -0.2) is 0 Å². The van der Waals surface area contributed by atoms with Gasteiger partial charge in [-0.3, -0.25) is 0 Å². The van der Waals surface area contributed by atoms with Crippen molar-refractivity contribution in [2.45, 2.75) is 26.2 Å². The summed E-state index contributed by atoms with van der Waals surface area (Å²) < 4.78 is 6.25. The molecular weight excluding hydrogens is 294 g/mol. The SMILES string of the molecule is CC(C)(C)c1ccc2oc3c([nH]c4ccc5ccccc5c43)c2c1. The summed E-state index contributed by atoms with van der Waals surface area (Å²) >= 11 is 0. The molecule has 0 spiro atoms. The molecule has 0 aliphatic heterocycles. The Hall–Kier alpha value is -2.74. The first kappa shape index (κ1) is 13.7. The van der Waals surface area contributed by atoms with Crippen LogP contribution in [0.15, 0.2) is 59.0 Å². The highest BCUT2D eigenvalue weighted by molar-refractivity contribution is 6.23. The lowest BCUT2D eigenvalue weighted by Crippen LogP contribution is -2.10. The van der Waals surface area contributed by atoms with Crippen LogP contribution in [-0.4, -0.2) is 4.98 Å². The first-order valence-electron chi connectivity index (χ1n) is 8.38. The van der Waals surface area contributed by atoms with E-state index in [9.17, 15) is 0 Å². The largest absolute Gasteiger partial charge is 0.454 e. The Morgan fingerprint density at radius 3 is 2.54 bits per heavy atom. The Bertz CT molecular complexity index is 1230.